The monoisotopic (exact) mass is 1110 g/mol. The summed E-state index contributed by atoms with van der Waals surface area (Å²) in [6, 6.07) is 49.6. The fourth-order valence-electron chi connectivity index (χ4n) is 12.6. The Labute approximate surface area is 460 Å². The maximum Gasteiger partial charge on any atom is 0.416 e. The summed E-state index contributed by atoms with van der Waals surface area (Å²) in [5.41, 5.74) is 0.891. The number of hydrogen-bond acceptors (Lipinski definition) is 0. The number of aryl methyl sites for hydroxylation is 4. The molecule has 13 rings (SSSR count). The van der Waals surface area contributed by atoms with Crippen molar-refractivity contribution in [2.75, 3.05) is 0 Å². The number of fused-ring (bicyclic) bond motifs is 7. The molecule has 0 radical (unpaired) electrons. The van der Waals surface area contributed by atoms with Crippen molar-refractivity contribution in [2.45, 2.75) is 52.4 Å². The van der Waals surface area contributed by atoms with Crippen molar-refractivity contribution in [3.8, 4) is 55.6 Å². The molecule has 0 heterocycles. The SMILES string of the molecule is Cc1ccc(-c2cc3c4ccc(-c5cc(-c6ccc(C)c(C(F)(F)F)c6)c6cccc7c8cccc9c(-c%10ccc(C)c(C(F)(F)F)c%10)ccc(c5c67)c98)cc4c(-c4ccc(C)c(C(F)(F)F)c4)cc3c3ccccc23)cc1C(F)(F)F. The minimum absolute atomic E-state index is 0.00221. The Morgan fingerprint density at radius 2 is 0.549 bits per heavy atom. The molecule has 0 aliphatic heterocycles. The van der Waals surface area contributed by atoms with Crippen molar-refractivity contribution >= 4 is 75.4 Å². The summed E-state index contributed by atoms with van der Waals surface area (Å²) in [6.45, 7) is 5.55. The molecule has 0 nitrogen and oxygen atoms in total. The highest BCUT2D eigenvalue weighted by molar-refractivity contribution is 6.38. The molecule has 0 unspecified atom stereocenters. The lowest BCUT2D eigenvalue weighted by Crippen LogP contribution is -2.07. The maximum atomic E-state index is 14.9. The molecule has 0 aliphatic rings. The van der Waals surface area contributed by atoms with Crippen LogP contribution >= 0.6 is 0 Å². The summed E-state index contributed by atoms with van der Waals surface area (Å²) in [4.78, 5) is 0. The van der Waals surface area contributed by atoms with E-state index in [4.69, 9.17) is 0 Å². The second-order valence-corrected chi connectivity index (χ2v) is 21.3. The van der Waals surface area contributed by atoms with Gasteiger partial charge in [0, 0.05) is 0 Å². The highest BCUT2D eigenvalue weighted by Crippen LogP contribution is 2.52. The van der Waals surface area contributed by atoms with Crippen LogP contribution in [0.4, 0.5) is 52.7 Å². The van der Waals surface area contributed by atoms with Gasteiger partial charge in [-0.2, -0.15) is 52.7 Å². The van der Waals surface area contributed by atoms with Crippen LogP contribution in [0.15, 0.2) is 182 Å². The Balaban J connectivity index is 1.17. The molecule has 82 heavy (non-hydrogen) atoms. The van der Waals surface area contributed by atoms with E-state index in [1.54, 1.807) is 54.6 Å². The van der Waals surface area contributed by atoms with Crippen LogP contribution in [0.1, 0.15) is 44.5 Å². The fraction of sp³-hybridized carbons (Fsp3) is 0.114. The first kappa shape index (κ1) is 52.5. The molecule has 12 heteroatoms. The van der Waals surface area contributed by atoms with Crippen molar-refractivity contribution in [2.24, 2.45) is 0 Å². The van der Waals surface area contributed by atoms with Gasteiger partial charge in [0.1, 0.15) is 0 Å². The second kappa shape index (κ2) is 18.3. The van der Waals surface area contributed by atoms with Crippen LogP contribution in [0, 0.1) is 27.7 Å². The van der Waals surface area contributed by atoms with Crippen molar-refractivity contribution in [1.82, 2.24) is 0 Å². The summed E-state index contributed by atoms with van der Waals surface area (Å²) >= 11 is 0. The molecule has 0 aromatic heterocycles. The predicted molar refractivity (Wildman–Crippen MR) is 306 cm³/mol. The smallest absolute Gasteiger partial charge is 0.166 e. The van der Waals surface area contributed by atoms with Crippen LogP contribution in [0.25, 0.3) is 131 Å². The van der Waals surface area contributed by atoms with Gasteiger partial charge in [0.25, 0.3) is 0 Å². The first-order valence-electron chi connectivity index (χ1n) is 26.2. The van der Waals surface area contributed by atoms with E-state index in [0.717, 1.165) is 29.7 Å². The summed E-state index contributed by atoms with van der Waals surface area (Å²) in [6.07, 6.45) is -18.7. The van der Waals surface area contributed by atoms with Crippen LogP contribution in [0.2, 0.25) is 0 Å². The number of alkyl halides is 12. The number of rotatable bonds is 5. The Kier molecular flexibility index (Phi) is 11.7. The van der Waals surface area contributed by atoms with E-state index < -0.39 is 47.0 Å². The highest BCUT2D eigenvalue weighted by atomic mass is 19.4. The number of hydrogen-bond donors (Lipinski definition) is 0. The molecule has 0 saturated carbocycles. The third-order valence-electron chi connectivity index (χ3n) is 16.5. The van der Waals surface area contributed by atoms with Gasteiger partial charge in [-0.05, 0) is 230 Å². The predicted octanol–water partition coefficient (Wildman–Crippen LogP) is 22.8. The maximum absolute atomic E-state index is 14.9. The number of halogens is 12. The molecular weight excluding hydrogens is 1070 g/mol. The zero-order chi connectivity index (χ0) is 57.7. The van der Waals surface area contributed by atoms with Crippen LogP contribution in [0.5, 0.6) is 0 Å². The molecule has 0 spiro atoms. The molecule has 0 atom stereocenters. The van der Waals surface area contributed by atoms with Crippen molar-refractivity contribution < 1.29 is 52.7 Å². The van der Waals surface area contributed by atoms with Crippen LogP contribution in [0.3, 0.4) is 0 Å². The normalized spacial score (nSPS) is 12.9. The lowest BCUT2D eigenvalue weighted by atomic mass is 9.81. The van der Waals surface area contributed by atoms with Crippen LogP contribution < -0.4 is 0 Å². The van der Waals surface area contributed by atoms with Gasteiger partial charge in [0.2, 0.25) is 0 Å². The zero-order valence-corrected chi connectivity index (χ0v) is 43.9. The Bertz CT molecular complexity index is 4840. The zero-order valence-electron chi connectivity index (χ0n) is 43.9. The second-order valence-electron chi connectivity index (χ2n) is 21.3. The molecule has 13 aromatic carbocycles. The fourth-order valence-corrected chi connectivity index (χ4v) is 12.6. The van der Waals surface area contributed by atoms with Gasteiger partial charge in [-0.3, -0.25) is 0 Å². The van der Waals surface area contributed by atoms with E-state index in [2.05, 4.69) is 0 Å². The van der Waals surface area contributed by atoms with Crippen LogP contribution in [-0.4, -0.2) is 0 Å². The molecule has 0 saturated heterocycles. The third kappa shape index (κ3) is 8.39. The molecule has 13 aromatic rings. The van der Waals surface area contributed by atoms with E-state index in [1.165, 1.54) is 52.0 Å². The minimum Gasteiger partial charge on any atom is -0.166 e. The van der Waals surface area contributed by atoms with E-state index in [1.807, 2.05) is 78.9 Å². The molecular formula is C70H42F12. The Morgan fingerprint density at radius 3 is 1.02 bits per heavy atom. The van der Waals surface area contributed by atoms with E-state index in [0.29, 0.717) is 115 Å². The highest BCUT2D eigenvalue weighted by Gasteiger charge is 2.36. The standard InChI is InChI=1S/C70H42F12/c1-35-15-19-40(28-60(35)67(71,72)73)44-25-26-52-64-48(44)11-7-12-49(64)50-13-8-14-51-54(42-21-17-37(3)62(30-42)69(77,78)79)32-56(66(52)65(50)51)39-23-24-47-57(27-39)55(43-22-18-38(4)63(31-43)70(80,81)82)34-58-46-10-6-5-9-45(46)53(33-59(47)58)41-20-16-36(2)61(29-41)68(74,75)76/h5-34H,1-4H3. The Hall–Kier alpha value is -8.90. The summed E-state index contributed by atoms with van der Waals surface area (Å²) < 4.78 is 176. The van der Waals surface area contributed by atoms with Gasteiger partial charge in [-0.25, -0.2) is 0 Å². The first-order chi connectivity index (χ1) is 38.8. The summed E-state index contributed by atoms with van der Waals surface area (Å²) in [5.74, 6) is 0. The quantitative estimate of drug-likeness (QED) is 0.0915. The Morgan fingerprint density at radius 1 is 0.207 bits per heavy atom. The molecule has 0 aliphatic carbocycles. The van der Waals surface area contributed by atoms with Crippen molar-refractivity contribution in [3.63, 3.8) is 0 Å². The molecule has 0 N–H and O–H groups in total. The molecule has 0 amide bonds. The molecule has 0 bridgehead atoms. The van der Waals surface area contributed by atoms with Crippen molar-refractivity contribution in [1.29, 1.82) is 0 Å². The average molecular weight is 1110 g/mol. The minimum atomic E-state index is -4.73. The molecule has 406 valence electrons. The molecule has 0 fully saturated rings. The third-order valence-corrected chi connectivity index (χ3v) is 16.5. The topological polar surface area (TPSA) is 0 Å². The van der Waals surface area contributed by atoms with Gasteiger partial charge in [-0.15, -0.1) is 0 Å². The van der Waals surface area contributed by atoms with Gasteiger partial charge < -0.3 is 0 Å². The van der Waals surface area contributed by atoms with Gasteiger partial charge in [-0.1, -0.05) is 133 Å². The van der Waals surface area contributed by atoms with E-state index in [-0.39, 0.29) is 33.4 Å². The van der Waals surface area contributed by atoms with Crippen LogP contribution in [-0.2, 0) is 24.7 Å². The van der Waals surface area contributed by atoms with Gasteiger partial charge in [0.05, 0.1) is 22.3 Å². The number of benzene rings is 13. The van der Waals surface area contributed by atoms with Crippen molar-refractivity contribution in [3.05, 3.63) is 226 Å². The average Bonchev–Trinajstić information content (AvgIpc) is 1.04. The van der Waals surface area contributed by atoms with E-state index in [9.17, 15) is 52.7 Å². The van der Waals surface area contributed by atoms with Gasteiger partial charge in [0.15, 0.2) is 0 Å². The lowest BCUT2D eigenvalue weighted by Gasteiger charge is -2.22. The first-order valence-corrected chi connectivity index (χ1v) is 26.2. The van der Waals surface area contributed by atoms with Gasteiger partial charge >= 0.3 is 24.7 Å². The lowest BCUT2D eigenvalue weighted by molar-refractivity contribution is -0.138. The summed E-state index contributed by atoms with van der Waals surface area (Å²) in [5, 5.41) is 8.94. The summed E-state index contributed by atoms with van der Waals surface area (Å²) in [7, 11) is 0. The largest absolute Gasteiger partial charge is 0.416 e. The van der Waals surface area contributed by atoms with E-state index >= 15 is 0 Å².